The Morgan fingerprint density at radius 3 is 3.00 bits per heavy atom. The number of hydrogen-bond acceptors (Lipinski definition) is 3. The largest absolute Gasteiger partial charge is 0.493 e. The molecule has 1 aromatic carbocycles. The lowest BCUT2D eigenvalue weighted by molar-refractivity contribution is 0.0904. The van der Waals surface area contributed by atoms with E-state index >= 15 is 0 Å². The average molecular weight is 259 g/mol. The van der Waals surface area contributed by atoms with Crippen LogP contribution in [0, 0.1) is 5.92 Å². The SMILES string of the molecule is c1cc2c(cc1C1OCCC1CNC1CC1)CCO2. The van der Waals surface area contributed by atoms with E-state index in [0.29, 0.717) is 5.92 Å². The van der Waals surface area contributed by atoms with Crippen LogP contribution in [0.3, 0.4) is 0 Å². The zero-order valence-corrected chi connectivity index (χ0v) is 11.2. The number of fused-ring (bicyclic) bond motifs is 1. The molecule has 0 amide bonds. The first-order valence-corrected chi connectivity index (χ1v) is 7.51. The predicted octanol–water partition coefficient (Wildman–Crippen LogP) is 2.45. The normalized spacial score (nSPS) is 29.3. The van der Waals surface area contributed by atoms with Crippen molar-refractivity contribution in [1.82, 2.24) is 5.32 Å². The van der Waals surface area contributed by atoms with E-state index in [0.717, 1.165) is 38.0 Å². The Morgan fingerprint density at radius 1 is 1.16 bits per heavy atom. The van der Waals surface area contributed by atoms with Crippen LogP contribution in [-0.2, 0) is 11.2 Å². The maximum absolute atomic E-state index is 5.98. The number of ether oxygens (including phenoxy) is 2. The molecule has 3 nitrogen and oxygen atoms in total. The second-order valence-electron chi connectivity index (χ2n) is 5.99. The summed E-state index contributed by atoms with van der Waals surface area (Å²) >= 11 is 0. The molecule has 1 N–H and O–H groups in total. The van der Waals surface area contributed by atoms with Crippen molar-refractivity contribution in [2.45, 2.75) is 37.8 Å². The Morgan fingerprint density at radius 2 is 2.11 bits per heavy atom. The van der Waals surface area contributed by atoms with E-state index in [1.54, 1.807) is 0 Å². The van der Waals surface area contributed by atoms with Crippen molar-refractivity contribution in [1.29, 1.82) is 0 Å². The topological polar surface area (TPSA) is 30.5 Å². The van der Waals surface area contributed by atoms with Crippen molar-refractivity contribution in [2.75, 3.05) is 19.8 Å². The van der Waals surface area contributed by atoms with Crippen LogP contribution in [0.15, 0.2) is 18.2 Å². The third-order valence-corrected chi connectivity index (χ3v) is 4.50. The summed E-state index contributed by atoms with van der Waals surface area (Å²) in [5.74, 6) is 1.69. The molecule has 0 bridgehead atoms. The smallest absolute Gasteiger partial charge is 0.122 e. The third kappa shape index (κ3) is 2.37. The van der Waals surface area contributed by atoms with Gasteiger partial charge in [-0.15, -0.1) is 0 Å². The molecule has 2 fully saturated rings. The maximum atomic E-state index is 5.98. The minimum Gasteiger partial charge on any atom is -0.493 e. The maximum Gasteiger partial charge on any atom is 0.122 e. The van der Waals surface area contributed by atoms with Gasteiger partial charge in [-0.25, -0.2) is 0 Å². The number of benzene rings is 1. The van der Waals surface area contributed by atoms with Gasteiger partial charge in [0, 0.05) is 31.5 Å². The first-order chi connectivity index (χ1) is 9.40. The molecule has 1 saturated heterocycles. The Labute approximate surface area is 114 Å². The van der Waals surface area contributed by atoms with E-state index in [-0.39, 0.29) is 6.10 Å². The molecule has 2 unspecified atom stereocenters. The van der Waals surface area contributed by atoms with Crippen molar-refractivity contribution in [2.24, 2.45) is 5.92 Å². The zero-order chi connectivity index (χ0) is 12.7. The minimum atomic E-state index is 0.275. The monoisotopic (exact) mass is 259 g/mol. The summed E-state index contributed by atoms with van der Waals surface area (Å²) in [6.45, 7) is 2.83. The molecule has 0 aromatic heterocycles. The second kappa shape index (κ2) is 4.80. The third-order valence-electron chi connectivity index (χ3n) is 4.50. The molecule has 102 valence electrons. The molecule has 2 atom stereocenters. The Kier molecular flexibility index (Phi) is 2.97. The van der Waals surface area contributed by atoms with Crippen molar-refractivity contribution in [3.63, 3.8) is 0 Å². The van der Waals surface area contributed by atoms with Crippen LogP contribution in [0.5, 0.6) is 5.75 Å². The molecule has 2 heterocycles. The molecule has 0 spiro atoms. The van der Waals surface area contributed by atoms with Crippen LogP contribution in [0.25, 0.3) is 0 Å². The molecule has 4 rings (SSSR count). The van der Waals surface area contributed by atoms with Gasteiger partial charge in [0.15, 0.2) is 0 Å². The van der Waals surface area contributed by atoms with Gasteiger partial charge in [0.1, 0.15) is 5.75 Å². The lowest BCUT2D eigenvalue weighted by Crippen LogP contribution is -2.26. The summed E-state index contributed by atoms with van der Waals surface area (Å²) in [6.07, 6.45) is 5.21. The quantitative estimate of drug-likeness (QED) is 0.901. The van der Waals surface area contributed by atoms with Gasteiger partial charge in [-0.2, -0.15) is 0 Å². The van der Waals surface area contributed by atoms with Gasteiger partial charge < -0.3 is 14.8 Å². The van der Waals surface area contributed by atoms with Crippen LogP contribution < -0.4 is 10.1 Å². The van der Waals surface area contributed by atoms with E-state index in [4.69, 9.17) is 9.47 Å². The van der Waals surface area contributed by atoms with Gasteiger partial charge in [-0.3, -0.25) is 0 Å². The van der Waals surface area contributed by atoms with Gasteiger partial charge in [0.2, 0.25) is 0 Å². The average Bonchev–Trinajstić information content (AvgIpc) is 2.97. The van der Waals surface area contributed by atoms with Gasteiger partial charge in [-0.05, 0) is 42.5 Å². The van der Waals surface area contributed by atoms with Crippen molar-refractivity contribution < 1.29 is 9.47 Å². The van der Waals surface area contributed by atoms with E-state index in [2.05, 4.69) is 23.5 Å². The van der Waals surface area contributed by atoms with Crippen LogP contribution in [0.4, 0.5) is 0 Å². The first kappa shape index (κ1) is 11.7. The van der Waals surface area contributed by atoms with E-state index < -0.39 is 0 Å². The molecule has 3 aliphatic rings. The van der Waals surface area contributed by atoms with Crippen LogP contribution in [0.2, 0.25) is 0 Å². The van der Waals surface area contributed by atoms with Crippen LogP contribution in [-0.4, -0.2) is 25.8 Å². The Hall–Kier alpha value is -1.06. The number of hydrogen-bond donors (Lipinski definition) is 1. The highest BCUT2D eigenvalue weighted by Gasteiger charge is 2.32. The fourth-order valence-corrected chi connectivity index (χ4v) is 3.20. The van der Waals surface area contributed by atoms with Crippen molar-refractivity contribution in [3.05, 3.63) is 29.3 Å². The second-order valence-corrected chi connectivity index (χ2v) is 5.99. The van der Waals surface area contributed by atoms with Crippen LogP contribution in [0.1, 0.15) is 36.5 Å². The summed E-state index contributed by atoms with van der Waals surface area (Å²) in [6, 6.07) is 7.38. The summed E-state index contributed by atoms with van der Waals surface area (Å²) < 4.78 is 11.6. The number of nitrogens with one attached hydrogen (secondary N) is 1. The minimum absolute atomic E-state index is 0.275. The summed E-state index contributed by atoms with van der Waals surface area (Å²) in [4.78, 5) is 0. The van der Waals surface area contributed by atoms with Crippen molar-refractivity contribution in [3.8, 4) is 5.75 Å². The highest BCUT2D eigenvalue weighted by Crippen LogP contribution is 2.37. The zero-order valence-electron chi connectivity index (χ0n) is 11.2. The van der Waals surface area contributed by atoms with Gasteiger partial charge >= 0.3 is 0 Å². The van der Waals surface area contributed by atoms with Crippen LogP contribution >= 0.6 is 0 Å². The van der Waals surface area contributed by atoms with Crippen molar-refractivity contribution >= 4 is 0 Å². The predicted molar refractivity (Wildman–Crippen MR) is 73.5 cm³/mol. The first-order valence-electron chi connectivity index (χ1n) is 7.51. The molecule has 1 aliphatic carbocycles. The molecular formula is C16H21NO2. The van der Waals surface area contributed by atoms with E-state index in [1.807, 2.05) is 0 Å². The van der Waals surface area contributed by atoms with E-state index in [9.17, 15) is 0 Å². The lowest BCUT2D eigenvalue weighted by atomic mass is 9.93. The standard InChI is InChI=1S/C16H21NO2/c1-4-15-11(5-7-18-15)9-12(1)16-13(6-8-19-16)10-17-14-2-3-14/h1,4,9,13-14,16-17H,2-3,5-8,10H2. The van der Waals surface area contributed by atoms with Gasteiger partial charge in [0.05, 0.1) is 12.7 Å². The van der Waals surface area contributed by atoms with Gasteiger partial charge in [0.25, 0.3) is 0 Å². The molecule has 19 heavy (non-hydrogen) atoms. The summed E-state index contributed by atoms with van der Waals surface area (Å²) in [7, 11) is 0. The summed E-state index contributed by atoms with van der Waals surface area (Å²) in [5, 5.41) is 3.65. The molecule has 2 aliphatic heterocycles. The molecular weight excluding hydrogens is 238 g/mol. The molecule has 3 heteroatoms. The van der Waals surface area contributed by atoms with E-state index in [1.165, 1.54) is 30.4 Å². The molecule has 1 aromatic rings. The Balaban J connectivity index is 1.49. The highest BCUT2D eigenvalue weighted by molar-refractivity contribution is 5.40. The molecule has 0 radical (unpaired) electrons. The fraction of sp³-hybridized carbons (Fsp3) is 0.625. The highest BCUT2D eigenvalue weighted by atomic mass is 16.5. The summed E-state index contributed by atoms with van der Waals surface area (Å²) in [5.41, 5.74) is 2.69. The lowest BCUT2D eigenvalue weighted by Gasteiger charge is -2.20. The Bertz CT molecular complexity index is 470. The number of rotatable bonds is 4. The van der Waals surface area contributed by atoms with Gasteiger partial charge in [-0.1, -0.05) is 6.07 Å². The molecule has 1 saturated carbocycles. The fourth-order valence-electron chi connectivity index (χ4n) is 3.20.